The SMILES string of the molecule is CCCC(N)CSc1nnc(C)s1. The molecule has 0 radical (unpaired) electrons. The second kappa shape index (κ2) is 5.57. The van der Waals surface area contributed by atoms with Crippen LogP contribution in [0.5, 0.6) is 0 Å². The molecule has 1 rings (SSSR count). The van der Waals surface area contributed by atoms with E-state index in [9.17, 15) is 0 Å². The van der Waals surface area contributed by atoms with Crippen LogP contribution in [0.2, 0.25) is 0 Å². The first-order valence-corrected chi connectivity index (χ1v) is 6.21. The van der Waals surface area contributed by atoms with Crippen molar-refractivity contribution in [1.82, 2.24) is 10.2 Å². The van der Waals surface area contributed by atoms with Gasteiger partial charge in [0.1, 0.15) is 5.01 Å². The molecular weight excluding hydrogens is 202 g/mol. The highest BCUT2D eigenvalue weighted by Gasteiger charge is 2.05. The van der Waals surface area contributed by atoms with E-state index in [0.717, 1.165) is 27.9 Å². The van der Waals surface area contributed by atoms with Crippen LogP contribution in [0, 0.1) is 6.92 Å². The second-order valence-corrected chi connectivity index (χ2v) is 5.40. The summed E-state index contributed by atoms with van der Waals surface area (Å²) < 4.78 is 1.03. The number of thioether (sulfide) groups is 1. The van der Waals surface area contributed by atoms with Crippen LogP contribution < -0.4 is 5.73 Å². The lowest BCUT2D eigenvalue weighted by molar-refractivity contribution is 0.660. The molecule has 3 nitrogen and oxygen atoms in total. The van der Waals surface area contributed by atoms with Gasteiger partial charge in [-0.3, -0.25) is 0 Å². The second-order valence-electron chi connectivity index (χ2n) is 2.95. The minimum Gasteiger partial charge on any atom is -0.327 e. The molecule has 1 atom stereocenters. The third-order valence-corrected chi connectivity index (χ3v) is 3.75. The number of rotatable bonds is 5. The Hall–Kier alpha value is -0.130. The van der Waals surface area contributed by atoms with E-state index in [2.05, 4.69) is 17.1 Å². The van der Waals surface area contributed by atoms with Crippen LogP contribution >= 0.6 is 23.1 Å². The molecule has 1 aromatic rings. The first-order chi connectivity index (χ1) is 6.22. The maximum Gasteiger partial charge on any atom is 0.174 e. The van der Waals surface area contributed by atoms with Crippen molar-refractivity contribution in [1.29, 1.82) is 0 Å². The number of hydrogen-bond acceptors (Lipinski definition) is 5. The van der Waals surface area contributed by atoms with Crippen LogP contribution in [-0.4, -0.2) is 22.0 Å². The number of aromatic nitrogens is 2. The van der Waals surface area contributed by atoms with Crippen LogP contribution in [0.4, 0.5) is 0 Å². The van der Waals surface area contributed by atoms with Gasteiger partial charge in [0.25, 0.3) is 0 Å². The van der Waals surface area contributed by atoms with E-state index in [1.807, 2.05) is 6.92 Å². The van der Waals surface area contributed by atoms with Gasteiger partial charge in [-0.15, -0.1) is 10.2 Å². The fourth-order valence-electron chi connectivity index (χ4n) is 0.969. The zero-order valence-corrected chi connectivity index (χ0v) is 9.62. The lowest BCUT2D eigenvalue weighted by atomic mass is 10.2. The summed E-state index contributed by atoms with van der Waals surface area (Å²) in [6.07, 6.45) is 2.24. The minimum absolute atomic E-state index is 0.291. The first-order valence-electron chi connectivity index (χ1n) is 4.41. The molecule has 0 aliphatic rings. The maximum atomic E-state index is 5.87. The Kier molecular flexibility index (Phi) is 4.69. The van der Waals surface area contributed by atoms with Crippen LogP contribution in [-0.2, 0) is 0 Å². The molecule has 0 saturated carbocycles. The molecule has 0 amide bonds. The fraction of sp³-hybridized carbons (Fsp3) is 0.750. The molecule has 1 heterocycles. The van der Waals surface area contributed by atoms with Gasteiger partial charge in [-0.1, -0.05) is 36.4 Å². The number of hydrogen-bond donors (Lipinski definition) is 1. The van der Waals surface area contributed by atoms with Crippen molar-refractivity contribution in [3.05, 3.63) is 5.01 Å². The molecular formula is C8H15N3S2. The Morgan fingerprint density at radius 3 is 2.85 bits per heavy atom. The van der Waals surface area contributed by atoms with Gasteiger partial charge in [0, 0.05) is 11.8 Å². The highest BCUT2D eigenvalue weighted by Crippen LogP contribution is 2.22. The summed E-state index contributed by atoms with van der Waals surface area (Å²) in [6.45, 7) is 4.12. The average molecular weight is 217 g/mol. The number of aryl methyl sites for hydroxylation is 1. The van der Waals surface area contributed by atoms with E-state index in [0.29, 0.717) is 6.04 Å². The molecule has 0 spiro atoms. The molecule has 0 bridgehead atoms. The number of nitrogens with zero attached hydrogens (tertiary/aromatic N) is 2. The van der Waals surface area contributed by atoms with Gasteiger partial charge in [0.05, 0.1) is 0 Å². The van der Waals surface area contributed by atoms with E-state index < -0.39 is 0 Å². The summed E-state index contributed by atoms with van der Waals surface area (Å²) in [5, 5.41) is 8.99. The average Bonchev–Trinajstić information content (AvgIpc) is 2.49. The first kappa shape index (κ1) is 10.9. The lowest BCUT2D eigenvalue weighted by Crippen LogP contribution is -2.22. The zero-order chi connectivity index (χ0) is 9.68. The molecule has 0 aromatic carbocycles. The minimum atomic E-state index is 0.291. The van der Waals surface area contributed by atoms with Crippen molar-refractivity contribution in [2.45, 2.75) is 37.1 Å². The summed E-state index contributed by atoms with van der Waals surface area (Å²) in [4.78, 5) is 0. The van der Waals surface area contributed by atoms with Crippen molar-refractivity contribution in [2.24, 2.45) is 5.73 Å². The molecule has 0 saturated heterocycles. The molecule has 5 heteroatoms. The molecule has 13 heavy (non-hydrogen) atoms. The Morgan fingerprint density at radius 2 is 2.31 bits per heavy atom. The van der Waals surface area contributed by atoms with Gasteiger partial charge in [0.15, 0.2) is 4.34 Å². The quantitative estimate of drug-likeness (QED) is 0.767. The Labute approximate surface area is 87.1 Å². The Balaban J connectivity index is 2.26. The smallest absolute Gasteiger partial charge is 0.174 e. The summed E-state index contributed by atoms with van der Waals surface area (Å²) in [5.41, 5.74) is 5.87. The Morgan fingerprint density at radius 1 is 1.54 bits per heavy atom. The van der Waals surface area contributed by atoms with Crippen molar-refractivity contribution in [3.8, 4) is 0 Å². The fourth-order valence-corrected chi connectivity index (χ4v) is 2.81. The molecule has 0 fully saturated rings. The Bertz CT molecular complexity index is 249. The van der Waals surface area contributed by atoms with Gasteiger partial charge in [-0.25, -0.2) is 0 Å². The third-order valence-electron chi connectivity index (χ3n) is 1.59. The van der Waals surface area contributed by atoms with Crippen molar-refractivity contribution >= 4 is 23.1 Å². The molecule has 74 valence electrons. The normalized spacial score (nSPS) is 13.2. The van der Waals surface area contributed by atoms with Gasteiger partial charge < -0.3 is 5.73 Å². The molecule has 0 aliphatic heterocycles. The van der Waals surface area contributed by atoms with Gasteiger partial charge in [0.2, 0.25) is 0 Å². The molecule has 2 N–H and O–H groups in total. The van der Waals surface area contributed by atoms with Crippen molar-refractivity contribution in [3.63, 3.8) is 0 Å². The molecule has 1 unspecified atom stereocenters. The van der Waals surface area contributed by atoms with E-state index in [1.54, 1.807) is 23.1 Å². The van der Waals surface area contributed by atoms with Gasteiger partial charge >= 0.3 is 0 Å². The van der Waals surface area contributed by atoms with E-state index >= 15 is 0 Å². The topological polar surface area (TPSA) is 51.8 Å². The van der Waals surface area contributed by atoms with Crippen LogP contribution in [0.15, 0.2) is 4.34 Å². The lowest BCUT2D eigenvalue weighted by Gasteiger charge is -2.06. The zero-order valence-electron chi connectivity index (χ0n) is 7.99. The van der Waals surface area contributed by atoms with Crippen LogP contribution in [0.1, 0.15) is 24.8 Å². The molecule has 1 aromatic heterocycles. The predicted octanol–water partition coefficient (Wildman–Crippen LogP) is 2.07. The van der Waals surface area contributed by atoms with Gasteiger partial charge in [-0.2, -0.15) is 0 Å². The predicted molar refractivity (Wildman–Crippen MR) is 58.3 cm³/mol. The van der Waals surface area contributed by atoms with E-state index in [4.69, 9.17) is 5.73 Å². The summed E-state index contributed by atoms with van der Waals surface area (Å²) in [5.74, 6) is 0.947. The van der Waals surface area contributed by atoms with Crippen LogP contribution in [0.3, 0.4) is 0 Å². The van der Waals surface area contributed by atoms with Crippen molar-refractivity contribution < 1.29 is 0 Å². The summed E-state index contributed by atoms with van der Waals surface area (Å²) in [6, 6.07) is 0.291. The third kappa shape index (κ3) is 4.06. The molecule has 0 aliphatic carbocycles. The largest absolute Gasteiger partial charge is 0.327 e. The van der Waals surface area contributed by atoms with Crippen molar-refractivity contribution in [2.75, 3.05) is 5.75 Å². The monoisotopic (exact) mass is 217 g/mol. The number of nitrogens with two attached hydrogens (primary N) is 1. The van der Waals surface area contributed by atoms with Gasteiger partial charge in [-0.05, 0) is 13.3 Å². The van der Waals surface area contributed by atoms with Crippen LogP contribution in [0.25, 0.3) is 0 Å². The van der Waals surface area contributed by atoms with E-state index in [1.165, 1.54) is 0 Å². The van der Waals surface area contributed by atoms with E-state index in [-0.39, 0.29) is 0 Å². The highest BCUT2D eigenvalue weighted by atomic mass is 32.2. The summed E-state index contributed by atoms with van der Waals surface area (Å²) in [7, 11) is 0. The highest BCUT2D eigenvalue weighted by molar-refractivity contribution is 8.01. The standard InChI is InChI=1S/C8H15N3S2/c1-3-4-7(9)5-12-8-11-10-6(2)13-8/h7H,3-5,9H2,1-2H3. The summed E-state index contributed by atoms with van der Waals surface area (Å²) >= 11 is 3.34. The maximum absolute atomic E-state index is 5.87.